The minimum atomic E-state index is -1.05. The van der Waals surface area contributed by atoms with E-state index in [4.69, 9.17) is 5.26 Å². The number of nitrogens with zero attached hydrogens (tertiary/aromatic N) is 2. The quantitative estimate of drug-likeness (QED) is 0.441. The molecule has 0 rings (SSSR count). The van der Waals surface area contributed by atoms with Gasteiger partial charge in [-0.1, -0.05) is 6.92 Å². The first kappa shape index (κ1) is 8.89. The Labute approximate surface area is 59.6 Å². The number of nitro groups is 1. The van der Waals surface area contributed by atoms with Crippen molar-refractivity contribution in [2.24, 2.45) is 0 Å². The molecular weight excluding hydrogens is 132 g/mol. The molecule has 4 heteroatoms. The molecule has 0 bridgehead atoms. The zero-order valence-electron chi connectivity index (χ0n) is 6.13. The molecule has 0 fully saturated rings. The predicted octanol–water partition coefficient (Wildman–Crippen LogP) is 1.35. The maximum Gasteiger partial charge on any atom is 0.232 e. The van der Waals surface area contributed by atoms with Crippen molar-refractivity contribution in [2.45, 2.75) is 32.2 Å². The van der Waals surface area contributed by atoms with E-state index < -0.39 is 10.5 Å². The first-order valence-electron chi connectivity index (χ1n) is 3.08. The average molecular weight is 142 g/mol. The smallest absolute Gasteiger partial charge is 0.232 e. The number of rotatable bonds is 3. The summed E-state index contributed by atoms with van der Waals surface area (Å²) >= 11 is 0. The van der Waals surface area contributed by atoms with E-state index in [9.17, 15) is 10.1 Å². The van der Waals surface area contributed by atoms with Gasteiger partial charge in [0.1, 0.15) is 6.42 Å². The molecule has 0 aromatic rings. The minimum absolute atomic E-state index is 0.0174. The summed E-state index contributed by atoms with van der Waals surface area (Å²) in [6.45, 7) is 3.19. The molecule has 1 unspecified atom stereocenters. The highest BCUT2D eigenvalue weighted by Crippen LogP contribution is 2.17. The van der Waals surface area contributed by atoms with Crippen LogP contribution in [0.4, 0.5) is 0 Å². The summed E-state index contributed by atoms with van der Waals surface area (Å²) in [6.07, 6.45) is 0.379. The third-order valence-corrected chi connectivity index (χ3v) is 1.66. The van der Waals surface area contributed by atoms with E-state index in [0.29, 0.717) is 6.42 Å². The van der Waals surface area contributed by atoms with Crippen LogP contribution in [0.1, 0.15) is 26.7 Å². The molecule has 0 aliphatic heterocycles. The molecule has 0 aromatic carbocycles. The van der Waals surface area contributed by atoms with E-state index in [1.165, 1.54) is 6.92 Å². The largest absolute Gasteiger partial charge is 0.264 e. The highest BCUT2D eigenvalue weighted by atomic mass is 16.6. The Balaban J connectivity index is 4.26. The standard InChI is InChI=1S/C6H10N2O2/c1-3-6(2,4-5-7)8(9)10/h3-4H2,1-2H3. The molecule has 0 N–H and O–H groups in total. The van der Waals surface area contributed by atoms with Gasteiger partial charge in [-0.05, 0) is 0 Å². The Morgan fingerprint density at radius 2 is 2.30 bits per heavy atom. The summed E-state index contributed by atoms with van der Waals surface area (Å²) in [5.74, 6) is 0. The molecule has 0 spiro atoms. The van der Waals surface area contributed by atoms with Gasteiger partial charge in [-0.3, -0.25) is 10.1 Å². The summed E-state index contributed by atoms with van der Waals surface area (Å²) in [7, 11) is 0. The fraction of sp³-hybridized carbons (Fsp3) is 0.833. The van der Waals surface area contributed by atoms with Crippen molar-refractivity contribution >= 4 is 0 Å². The molecule has 0 amide bonds. The molecule has 0 heterocycles. The highest BCUT2D eigenvalue weighted by Gasteiger charge is 2.34. The van der Waals surface area contributed by atoms with Crippen LogP contribution in [-0.4, -0.2) is 10.5 Å². The van der Waals surface area contributed by atoms with Gasteiger partial charge in [-0.2, -0.15) is 5.26 Å². The van der Waals surface area contributed by atoms with E-state index in [0.717, 1.165) is 0 Å². The van der Waals surface area contributed by atoms with Crippen molar-refractivity contribution in [2.75, 3.05) is 0 Å². The molecular formula is C6H10N2O2. The highest BCUT2D eigenvalue weighted by molar-refractivity contribution is 4.84. The summed E-state index contributed by atoms with van der Waals surface area (Å²) < 4.78 is 0. The van der Waals surface area contributed by atoms with E-state index in [1.807, 2.05) is 0 Å². The molecule has 4 nitrogen and oxygen atoms in total. The van der Waals surface area contributed by atoms with Gasteiger partial charge in [-0.15, -0.1) is 0 Å². The maximum atomic E-state index is 10.3. The van der Waals surface area contributed by atoms with Crippen LogP contribution in [0.3, 0.4) is 0 Å². The Hall–Kier alpha value is -1.11. The monoisotopic (exact) mass is 142 g/mol. The van der Waals surface area contributed by atoms with Crippen molar-refractivity contribution in [3.63, 3.8) is 0 Å². The maximum absolute atomic E-state index is 10.3. The summed E-state index contributed by atoms with van der Waals surface area (Å²) in [4.78, 5) is 9.90. The topological polar surface area (TPSA) is 66.9 Å². The summed E-state index contributed by atoms with van der Waals surface area (Å²) in [6, 6.07) is 1.80. The Kier molecular flexibility index (Phi) is 2.81. The molecule has 0 aromatic heterocycles. The zero-order valence-corrected chi connectivity index (χ0v) is 6.13. The molecule has 0 aliphatic rings. The lowest BCUT2D eigenvalue weighted by atomic mass is 9.97. The average Bonchev–Trinajstić information content (AvgIpc) is 1.88. The molecule has 0 radical (unpaired) electrons. The lowest BCUT2D eigenvalue weighted by Crippen LogP contribution is -2.33. The lowest BCUT2D eigenvalue weighted by Gasteiger charge is -2.14. The van der Waals surface area contributed by atoms with Crippen molar-refractivity contribution in [1.82, 2.24) is 0 Å². The normalized spacial score (nSPS) is 15.3. The Bertz CT molecular complexity index is 173. The van der Waals surface area contributed by atoms with E-state index in [-0.39, 0.29) is 6.42 Å². The van der Waals surface area contributed by atoms with Crippen LogP contribution < -0.4 is 0 Å². The number of hydrogen-bond acceptors (Lipinski definition) is 3. The van der Waals surface area contributed by atoms with Crippen LogP contribution in [0.15, 0.2) is 0 Å². The second-order valence-corrected chi connectivity index (χ2v) is 2.44. The van der Waals surface area contributed by atoms with Crippen LogP contribution in [0.5, 0.6) is 0 Å². The zero-order chi connectivity index (χ0) is 8.20. The SMILES string of the molecule is CCC(C)(CC#N)[N+](=O)[O-]. The molecule has 0 saturated carbocycles. The van der Waals surface area contributed by atoms with E-state index in [2.05, 4.69) is 0 Å². The summed E-state index contributed by atoms with van der Waals surface area (Å²) in [5, 5.41) is 18.5. The van der Waals surface area contributed by atoms with Crippen molar-refractivity contribution < 1.29 is 4.92 Å². The van der Waals surface area contributed by atoms with E-state index >= 15 is 0 Å². The van der Waals surface area contributed by atoms with Gasteiger partial charge < -0.3 is 0 Å². The molecule has 0 saturated heterocycles. The van der Waals surface area contributed by atoms with Gasteiger partial charge in [0.25, 0.3) is 0 Å². The Morgan fingerprint density at radius 3 is 2.40 bits per heavy atom. The number of nitriles is 1. The van der Waals surface area contributed by atoms with Crippen LogP contribution in [-0.2, 0) is 0 Å². The third-order valence-electron chi connectivity index (χ3n) is 1.66. The van der Waals surface area contributed by atoms with Crippen molar-refractivity contribution in [3.05, 3.63) is 10.1 Å². The first-order chi connectivity index (χ1) is 4.56. The lowest BCUT2D eigenvalue weighted by molar-refractivity contribution is -0.564. The fourth-order valence-corrected chi connectivity index (χ4v) is 0.489. The first-order valence-corrected chi connectivity index (χ1v) is 3.08. The molecule has 1 atom stereocenters. The van der Waals surface area contributed by atoms with Gasteiger partial charge in [-0.25, -0.2) is 0 Å². The van der Waals surface area contributed by atoms with Gasteiger partial charge >= 0.3 is 0 Å². The number of hydrogen-bond donors (Lipinski definition) is 0. The second kappa shape index (κ2) is 3.16. The van der Waals surface area contributed by atoms with Crippen LogP contribution in [0, 0.1) is 21.4 Å². The summed E-state index contributed by atoms with van der Waals surface area (Å²) in [5.41, 5.74) is -1.05. The van der Waals surface area contributed by atoms with Gasteiger partial charge in [0, 0.05) is 18.3 Å². The Morgan fingerprint density at radius 1 is 1.80 bits per heavy atom. The predicted molar refractivity (Wildman–Crippen MR) is 35.9 cm³/mol. The third kappa shape index (κ3) is 1.69. The fourth-order valence-electron chi connectivity index (χ4n) is 0.489. The van der Waals surface area contributed by atoms with Gasteiger partial charge in [0.15, 0.2) is 0 Å². The van der Waals surface area contributed by atoms with Gasteiger partial charge in [0.2, 0.25) is 5.54 Å². The van der Waals surface area contributed by atoms with Gasteiger partial charge in [0.05, 0.1) is 6.07 Å². The minimum Gasteiger partial charge on any atom is -0.264 e. The second-order valence-electron chi connectivity index (χ2n) is 2.44. The van der Waals surface area contributed by atoms with Crippen molar-refractivity contribution in [1.29, 1.82) is 5.26 Å². The molecule has 10 heavy (non-hydrogen) atoms. The van der Waals surface area contributed by atoms with Crippen LogP contribution >= 0.6 is 0 Å². The van der Waals surface area contributed by atoms with Crippen LogP contribution in [0.2, 0.25) is 0 Å². The van der Waals surface area contributed by atoms with E-state index in [1.54, 1.807) is 13.0 Å². The molecule has 56 valence electrons. The molecule has 0 aliphatic carbocycles. The van der Waals surface area contributed by atoms with Crippen molar-refractivity contribution in [3.8, 4) is 6.07 Å². The van der Waals surface area contributed by atoms with Crippen LogP contribution in [0.25, 0.3) is 0 Å².